The molecule has 4 heteroatoms. The molecule has 0 aliphatic carbocycles. The van der Waals surface area contributed by atoms with E-state index in [0.29, 0.717) is 0 Å². The fraction of sp³-hybridized carbons (Fsp3) is 0. The first-order chi connectivity index (χ1) is 28.8. The number of hydrogen-bond donors (Lipinski definition) is 0. The van der Waals surface area contributed by atoms with Crippen LogP contribution in [-0.4, -0.2) is 17.2 Å². The van der Waals surface area contributed by atoms with Crippen molar-refractivity contribution in [2.75, 3.05) is 0 Å². The highest BCUT2D eigenvalue weighted by molar-refractivity contribution is 7.20. The lowest BCUT2D eigenvalue weighted by atomic mass is 10.1. The molecule has 9 aromatic carbocycles. The second-order valence-corrected chi connectivity index (χ2v) is 19.0. The van der Waals surface area contributed by atoms with E-state index in [1.807, 2.05) is 6.07 Å². The molecule has 0 N–H and O–H groups in total. The van der Waals surface area contributed by atoms with Crippen molar-refractivity contribution in [3.63, 3.8) is 0 Å². The molecule has 0 unspecified atom stereocenters. The third kappa shape index (κ3) is 4.67. The molecule has 58 heavy (non-hydrogen) atoms. The smallest absolute Gasteiger partial charge is 0.179 e. The molecule has 272 valence electrons. The van der Waals surface area contributed by atoms with Crippen molar-refractivity contribution >= 4 is 94.4 Å². The predicted octanol–water partition coefficient (Wildman–Crippen LogP) is 11.2. The lowest BCUT2D eigenvalue weighted by Crippen LogP contribution is -2.74. The predicted molar refractivity (Wildman–Crippen MR) is 246 cm³/mol. The molecular weight excluding hydrogens is 721 g/mol. The van der Waals surface area contributed by atoms with Gasteiger partial charge >= 0.3 is 0 Å². The van der Waals surface area contributed by atoms with E-state index < -0.39 is 8.07 Å². The minimum absolute atomic E-state index is 0.892. The molecule has 0 spiro atoms. The van der Waals surface area contributed by atoms with Gasteiger partial charge in [0.05, 0.1) is 33.1 Å². The third-order valence-electron chi connectivity index (χ3n) is 12.3. The zero-order valence-corrected chi connectivity index (χ0v) is 32.6. The second-order valence-electron chi connectivity index (χ2n) is 15.2. The van der Waals surface area contributed by atoms with Crippen LogP contribution in [0.3, 0.4) is 0 Å². The standard InChI is InChI=1S/C54H36N2OSi/c1-4-17-38(18-5-1)58(39-19-6-2-7-20-39,40-21-8-3-9-22-40)41-32-33-44-42-23-10-13-26-47(42)55(51(44)36-41)37-31-34-49-46(35-37)43-24-11-14-27-48(43)56(49)50-28-16-30-53-54(50)45-25-12-15-29-52(45)57-53/h1-36H. The number of hydrogen-bond acceptors (Lipinski definition) is 1. The van der Waals surface area contributed by atoms with Gasteiger partial charge in [-0.05, 0) is 75.3 Å². The average molecular weight is 757 g/mol. The Kier molecular flexibility index (Phi) is 7.25. The summed E-state index contributed by atoms with van der Waals surface area (Å²) in [6.07, 6.45) is 0. The molecule has 3 heterocycles. The Morgan fingerprint density at radius 1 is 0.310 bits per heavy atom. The highest BCUT2D eigenvalue weighted by Gasteiger charge is 2.41. The summed E-state index contributed by atoms with van der Waals surface area (Å²) in [5.41, 5.74) is 8.77. The van der Waals surface area contributed by atoms with E-state index >= 15 is 0 Å². The van der Waals surface area contributed by atoms with Gasteiger partial charge < -0.3 is 13.6 Å². The largest absolute Gasteiger partial charge is 0.456 e. The monoisotopic (exact) mass is 756 g/mol. The first-order valence-corrected chi connectivity index (χ1v) is 21.9. The fourth-order valence-corrected chi connectivity index (χ4v) is 14.6. The molecule has 12 rings (SSSR count). The van der Waals surface area contributed by atoms with Crippen molar-refractivity contribution in [3.05, 3.63) is 218 Å². The maximum Gasteiger partial charge on any atom is 0.179 e. The number of para-hydroxylation sites is 3. The highest BCUT2D eigenvalue weighted by Crippen LogP contribution is 2.40. The van der Waals surface area contributed by atoms with E-state index in [4.69, 9.17) is 4.42 Å². The molecule has 3 aromatic heterocycles. The number of fused-ring (bicyclic) bond motifs is 9. The number of nitrogens with zero attached hydrogens (tertiary/aromatic N) is 2. The third-order valence-corrected chi connectivity index (χ3v) is 17.0. The van der Waals surface area contributed by atoms with Crippen LogP contribution in [0.2, 0.25) is 0 Å². The lowest BCUT2D eigenvalue weighted by molar-refractivity contribution is 0.669. The summed E-state index contributed by atoms with van der Waals surface area (Å²) in [7, 11) is -2.76. The molecule has 0 aliphatic rings. The summed E-state index contributed by atoms with van der Waals surface area (Å²) >= 11 is 0. The van der Waals surface area contributed by atoms with Crippen LogP contribution in [0.4, 0.5) is 0 Å². The van der Waals surface area contributed by atoms with Crippen molar-refractivity contribution in [1.29, 1.82) is 0 Å². The Hall–Kier alpha value is -7.40. The van der Waals surface area contributed by atoms with Crippen molar-refractivity contribution in [1.82, 2.24) is 9.13 Å². The Morgan fingerprint density at radius 3 is 1.50 bits per heavy atom. The van der Waals surface area contributed by atoms with Gasteiger partial charge in [0.25, 0.3) is 0 Å². The zero-order valence-electron chi connectivity index (χ0n) is 31.6. The molecule has 0 saturated heterocycles. The van der Waals surface area contributed by atoms with Crippen LogP contribution in [0.5, 0.6) is 0 Å². The maximum absolute atomic E-state index is 6.37. The molecule has 3 nitrogen and oxygen atoms in total. The van der Waals surface area contributed by atoms with Crippen LogP contribution in [0.25, 0.3) is 76.9 Å². The van der Waals surface area contributed by atoms with Crippen LogP contribution in [0.1, 0.15) is 0 Å². The number of benzene rings is 9. The maximum atomic E-state index is 6.37. The van der Waals surface area contributed by atoms with Crippen LogP contribution in [-0.2, 0) is 0 Å². The van der Waals surface area contributed by atoms with Gasteiger partial charge in [0, 0.05) is 32.6 Å². The van der Waals surface area contributed by atoms with E-state index in [1.54, 1.807) is 0 Å². The molecule has 0 fully saturated rings. The summed E-state index contributed by atoms with van der Waals surface area (Å²) < 4.78 is 11.3. The SMILES string of the molecule is c1ccc([Si](c2ccccc2)(c2ccccc2)c2ccc3c4ccccc4n(-c4ccc5c(c4)c4ccccc4n5-c4cccc5oc6ccccc6c45)c3c2)cc1. The summed E-state index contributed by atoms with van der Waals surface area (Å²) in [5, 5.41) is 12.6. The highest BCUT2D eigenvalue weighted by atomic mass is 28.3. The van der Waals surface area contributed by atoms with Crippen molar-refractivity contribution in [3.8, 4) is 11.4 Å². The Labute approximate surface area is 336 Å². The molecular formula is C54H36N2OSi. The van der Waals surface area contributed by atoms with Crippen LogP contribution in [0, 0.1) is 0 Å². The molecule has 12 aromatic rings. The molecule has 0 bridgehead atoms. The summed E-state index contributed by atoms with van der Waals surface area (Å²) in [6, 6.07) is 80.3. The fourth-order valence-electron chi connectivity index (χ4n) is 9.85. The summed E-state index contributed by atoms with van der Waals surface area (Å²) in [5.74, 6) is 0. The normalized spacial score (nSPS) is 12.1. The number of rotatable bonds is 6. The second kappa shape index (κ2) is 12.8. The summed E-state index contributed by atoms with van der Waals surface area (Å²) in [6.45, 7) is 0. The first-order valence-electron chi connectivity index (χ1n) is 19.9. The van der Waals surface area contributed by atoms with Gasteiger partial charge in [-0.3, -0.25) is 0 Å². The van der Waals surface area contributed by atoms with E-state index in [1.165, 1.54) is 58.8 Å². The molecule has 0 atom stereocenters. The minimum atomic E-state index is -2.76. The van der Waals surface area contributed by atoms with Gasteiger partial charge in [0.15, 0.2) is 8.07 Å². The van der Waals surface area contributed by atoms with Gasteiger partial charge in [-0.25, -0.2) is 0 Å². The van der Waals surface area contributed by atoms with Crippen molar-refractivity contribution < 1.29 is 4.42 Å². The van der Waals surface area contributed by atoms with Crippen LogP contribution in [0.15, 0.2) is 223 Å². The average Bonchev–Trinajstić information content (AvgIpc) is 3.95. The van der Waals surface area contributed by atoms with Gasteiger partial charge in [-0.2, -0.15) is 0 Å². The van der Waals surface area contributed by atoms with E-state index in [-0.39, 0.29) is 0 Å². The quantitative estimate of drug-likeness (QED) is 0.122. The van der Waals surface area contributed by atoms with Gasteiger partial charge in [0.2, 0.25) is 0 Å². The molecule has 0 saturated carbocycles. The van der Waals surface area contributed by atoms with E-state index in [0.717, 1.165) is 38.8 Å². The van der Waals surface area contributed by atoms with E-state index in [9.17, 15) is 0 Å². The Balaban J connectivity index is 1.15. The van der Waals surface area contributed by atoms with Gasteiger partial charge in [0.1, 0.15) is 11.2 Å². The molecule has 0 amide bonds. The van der Waals surface area contributed by atoms with Gasteiger partial charge in [-0.15, -0.1) is 0 Å². The Bertz CT molecular complexity index is 3410. The molecule has 0 radical (unpaired) electrons. The lowest BCUT2D eigenvalue weighted by Gasteiger charge is -2.34. The van der Waals surface area contributed by atoms with Crippen LogP contribution < -0.4 is 20.7 Å². The Morgan fingerprint density at radius 2 is 0.828 bits per heavy atom. The van der Waals surface area contributed by atoms with Gasteiger partial charge in [-0.1, -0.05) is 164 Å². The molecule has 0 aliphatic heterocycles. The topological polar surface area (TPSA) is 23.0 Å². The van der Waals surface area contributed by atoms with Crippen molar-refractivity contribution in [2.24, 2.45) is 0 Å². The summed E-state index contributed by atoms with van der Waals surface area (Å²) in [4.78, 5) is 0. The number of aromatic nitrogens is 2. The van der Waals surface area contributed by atoms with Crippen LogP contribution >= 0.6 is 0 Å². The minimum Gasteiger partial charge on any atom is -0.456 e. The van der Waals surface area contributed by atoms with E-state index in [2.05, 4.69) is 221 Å². The number of furan rings is 1. The van der Waals surface area contributed by atoms with Crippen molar-refractivity contribution in [2.45, 2.75) is 0 Å². The zero-order chi connectivity index (χ0) is 38.2. The first kappa shape index (κ1) is 32.8.